The predicted molar refractivity (Wildman–Crippen MR) is 45.3 cm³/mol. The van der Waals surface area contributed by atoms with E-state index in [2.05, 4.69) is 0 Å². The second-order valence-electron chi connectivity index (χ2n) is 4.03. The van der Waals surface area contributed by atoms with E-state index in [-0.39, 0.29) is 6.04 Å². The fraction of sp³-hybridized carbons (Fsp3) is 1.00. The first-order valence-electron chi connectivity index (χ1n) is 4.61. The van der Waals surface area contributed by atoms with Crippen molar-refractivity contribution in [2.24, 2.45) is 5.73 Å². The molecule has 1 saturated heterocycles. The third-order valence-electron chi connectivity index (χ3n) is 3.11. The van der Waals surface area contributed by atoms with Gasteiger partial charge in [0, 0.05) is 6.04 Å². The topological polar surface area (TPSA) is 116 Å². The molecule has 0 amide bonds. The smallest absolute Gasteiger partial charge is 0.114 e. The van der Waals surface area contributed by atoms with Gasteiger partial charge in [-0.2, -0.15) is 0 Å². The molecule has 0 bridgehead atoms. The number of rotatable bonds is 1. The average Bonchev–Trinajstić information content (AvgIpc) is 2.81. The lowest BCUT2D eigenvalue weighted by Crippen LogP contribution is -2.61. The third kappa shape index (κ3) is 1.19. The van der Waals surface area contributed by atoms with E-state index in [1.165, 1.54) is 0 Å². The van der Waals surface area contributed by atoms with Crippen LogP contribution in [0.4, 0.5) is 0 Å². The Hall–Kier alpha value is -0.240. The van der Waals surface area contributed by atoms with Crippen molar-refractivity contribution in [3.05, 3.63) is 0 Å². The number of hydrogen-bond acceptors (Lipinski definition) is 6. The quantitative estimate of drug-likeness (QED) is 0.310. The van der Waals surface area contributed by atoms with Crippen molar-refractivity contribution in [2.75, 3.05) is 6.61 Å². The van der Waals surface area contributed by atoms with Crippen LogP contribution >= 0.6 is 0 Å². The van der Waals surface area contributed by atoms with Crippen LogP contribution in [0.5, 0.6) is 0 Å². The molecule has 0 aromatic carbocycles. The van der Waals surface area contributed by atoms with Crippen LogP contribution in [0.25, 0.3) is 0 Å². The molecule has 6 nitrogen and oxygen atoms in total. The molecule has 0 radical (unpaired) electrons. The van der Waals surface area contributed by atoms with Crippen molar-refractivity contribution < 1.29 is 25.2 Å². The van der Waals surface area contributed by atoms with Gasteiger partial charge >= 0.3 is 0 Å². The summed E-state index contributed by atoms with van der Waals surface area (Å²) in [5, 5.41) is 37.4. The molecule has 6 atom stereocenters. The van der Waals surface area contributed by atoms with E-state index in [1.807, 2.05) is 0 Å². The van der Waals surface area contributed by atoms with E-state index in [1.54, 1.807) is 0 Å². The molecule has 0 aromatic heterocycles. The van der Waals surface area contributed by atoms with Crippen LogP contribution in [-0.2, 0) is 4.74 Å². The summed E-state index contributed by atoms with van der Waals surface area (Å²) in [5.74, 6) is 0. The summed E-state index contributed by atoms with van der Waals surface area (Å²) in [6.07, 6.45) is -4.20. The van der Waals surface area contributed by atoms with Gasteiger partial charge in [0.05, 0.1) is 6.61 Å². The van der Waals surface area contributed by atoms with Gasteiger partial charge in [-0.3, -0.25) is 0 Å². The Morgan fingerprint density at radius 2 is 1.86 bits per heavy atom. The van der Waals surface area contributed by atoms with E-state index in [9.17, 15) is 15.3 Å². The molecule has 82 valence electrons. The van der Waals surface area contributed by atoms with Gasteiger partial charge in [-0.15, -0.1) is 0 Å². The summed E-state index contributed by atoms with van der Waals surface area (Å²) in [7, 11) is 0. The zero-order valence-corrected chi connectivity index (χ0v) is 7.58. The Kier molecular flexibility index (Phi) is 2.30. The minimum Gasteiger partial charge on any atom is -0.394 e. The Bertz CT molecular complexity index is 236. The lowest BCUT2D eigenvalue weighted by Gasteiger charge is -2.41. The van der Waals surface area contributed by atoms with Crippen molar-refractivity contribution in [1.82, 2.24) is 0 Å². The highest BCUT2D eigenvalue weighted by Gasteiger charge is 2.65. The Labute approximate surface area is 80.9 Å². The lowest BCUT2D eigenvalue weighted by atomic mass is 9.93. The van der Waals surface area contributed by atoms with Gasteiger partial charge in [0.1, 0.15) is 30.0 Å². The van der Waals surface area contributed by atoms with E-state index in [0.717, 1.165) is 0 Å². The number of nitrogens with two attached hydrogens (primary N) is 1. The fourth-order valence-electron chi connectivity index (χ4n) is 2.02. The second kappa shape index (κ2) is 3.13. The number of ether oxygens (including phenoxy) is 1. The van der Waals surface area contributed by atoms with Gasteiger partial charge in [-0.25, -0.2) is 0 Å². The molecule has 6 heteroatoms. The number of aliphatic hydroxyl groups is 4. The number of aliphatic hydroxyl groups excluding tert-OH is 4. The molecule has 2 rings (SSSR count). The highest BCUT2D eigenvalue weighted by molar-refractivity contribution is 5.19. The van der Waals surface area contributed by atoms with Crippen molar-refractivity contribution in [1.29, 1.82) is 0 Å². The number of hydrogen-bond donors (Lipinski definition) is 5. The van der Waals surface area contributed by atoms with Gasteiger partial charge in [-0.05, 0) is 6.42 Å². The van der Waals surface area contributed by atoms with Crippen LogP contribution < -0.4 is 5.73 Å². The molecule has 6 N–H and O–H groups in total. The maximum absolute atomic E-state index is 9.63. The normalized spacial score (nSPS) is 57.6. The SMILES string of the molecule is N[C@@H]1C[C@@]12O[C@H](CO)[C@@H](O)[C@H](O)[C@H]2O. The minimum atomic E-state index is -1.31. The lowest BCUT2D eigenvalue weighted by molar-refractivity contribution is -0.241. The molecule has 1 aliphatic heterocycles. The van der Waals surface area contributed by atoms with Crippen LogP contribution in [0.1, 0.15) is 6.42 Å². The summed E-state index contributed by atoms with van der Waals surface area (Å²) in [6, 6.07) is -0.339. The molecule has 1 spiro atoms. The first kappa shape index (κ1) is 10.3. The van der Waals surface area contributed by atoms with Gasteiger partial charge in [0.25, 0.3) is 0 Å². The summed E-state index contributed by atoms with van der Waals surface area (Å²) < 4.78 is 5.31. The molecule has 14 heavy (non-hydrogen) atoms. The maximum atomic E-state index is 9.63. The Morgan fingerprint density at radius 1 is 1.29 bits per heavy atom. The van der Waals surface area contributed by atoms with Crippen LogP contribution in [0.15, 0.2) is 0 Å². The monoisotopic (exact) mass is 205 g/mol. The van der Waals surface area contributed by atoms with E-state index in [4.69, 9.17) is 15.6 Å². The predicted octanol–water partition coefficient (Wildman–Crippen LogP) is -3.07. The van der Waals surface area contributed by atoms with Gasteiger partial charge in [0.15, 0.2) is 0 Å². The molecular formula is C8H15NO5. The van der Waals surface area contributed by atoms with Gasteiger partial charge in [-0.1, -0.05) is 0 Å². The first-order valence-corrected chi connectivity index (χ1v) is 4.61. The zero-order chi connectivity index (χ0) is 10.5. The highest BCUT2D eigenvalue weighted by Crippen LogP contribution is 2.47. The summed E-state index contributed by atoms with van der Waals surface area (Å²) in [4.78, 5) is 0. The van der Waals surface area contributed by atoms with E-state index < -0.39 is 36.6 Å². The minimum absolute atomic E-state index is 0.339. The molecule has 1 heterocycles. The Morgan fingerprint density at radius 3 is 2.29 bits per heavy atom. The fourth-order valence-corrected chi connectivity index (χ4v) is 2.02. The molecule has 0 unspecified atom stereocenters. The average molecular weight is 205 g/mol. The largest absolute Gasteiger partial charge is 0.394 e. The van der Waals surface area contributed by atoms with Crippen molar-refractivity contribution in [3.8, 4) is 0 Å². The molecule has 1 aliphatic carbocycles. The molecule has 2 fully saturated rings. The van der Waals surface area contributed by atoms with Crippen LogP contribution in [0.2, 0.25) is 0 Å². The summed E-state index contributed by atoms with van der Waals surface area (Å²) in [6.45, 7) is -0.403. The summed E-state index contributed by atoms with van der Waals surface area (Å²) >= 11 is 0. The van der Waals surface area contributed by atoms with Crippen LogP contribution in [0, 0.1) is 0 Å². The molecule has 1 saturated carbocycles. The standard InChI is InChI=1S/C8H15NO5/c9-4-1-8(4)7(13)6(12)5(11)3(2-10)14-8/h3-7,10-13H,1-2,9H2/t3-,4-,5-,6+,7-,8-/m1/s1. The molecular weight excluding hydrogens is 190 g/mol. The maximum Gasteiger partial charge on any atom is 0.114 e. The molecule has 0 aromatic rings. The Balaban J connectivity index is 2.16. The molecule has 2 aliphatic rings. The van der Waals surface area contributed by atoms with Crippen molar-refractivity contribution in [2.45, 2.75) is 42.5 Å². The van der Waals surface area contributed by atoms with Gasteiger partial charge in [0.2, 0.25) is 0 Å². The first-order chi connectivity index (χ1) is 6.53. The van der Waals surface area contributed by atoms with Crippen LogP contribution in [0.3, 0.4) is 0 Å². The van der Waals surface area contributed by atoms with Crippen molar-refractivity contribution in [3.63, 3.8) is 0 Å². The second-order valence-corrected chi connectivity index (χ2v) is 4.03. The van der Waals surface area contributed by atoms with E-state index in [0.29, 0.717) is 6.42 Å². The van der Waals surface area contributed by atoms with Crippen molar-refractivity contribution >= 4 is 0 Å². The zero-order valence-electron chi connectivity index (χ0n) is 7.58. The van der Waals surface area contributed by atoms with Gasteiger partial charge < -0.3 is 30.9 Å². The van der Waals surface area contributed by atoms with E-state index >= 15 is 0 Å². The van der Waals surface area contributed by atoms with Crippen LogP contribution in [-0.4, -0.2) is 63.1 Å². The third-order valence-corrected chi connectivity index (χ3v) is 3.11. The highest BCUT2D eigenvalue weighted by atomic mass is 16.6. The summed E-state index contributed by atoms with van der Waals surface area (Å²) in [5.41, 5.74) is 4.62.